The van der Waals surface area contributed by atoms with E-state index in [0.717, 1.165) is 11.3 Å². The van der Waals surface area contributed by atoms with Gasteiger partial charge in [-0.25, -0.2) is 0 Å². The lowest BCUT2D eigenvalue weighted by Gasteiger charge is -2.07. The van der Waals surface area contributed by atoms with Crippen molar-refractivity contribution in [1.82, 2.24) is 5.32 Å². The van der Waals surface area contributed by atoms with Crippen molar-refractivity contribution in [2.24, 2.45) is 0 Å². The van der Waals surface area contributed by atoms with Gasteiger partial charge in [-0.3, -0.25) is 9.59 Å². The number of amides is 2. The largest absolute Gasteiger partial charge is 0.349 e. The van der Waals surface area contributed by atoms with Gasteiger partial charge in [-0.2, -0.15) is 0 Å². The lowest BCUT2D eigenvalue weighted by atomic mass is 10.1. The molecule has 0 spiro atoms. The molecule has 0 aromatic heterocycles. The van der Waals surface area contributed by atoms with Crippen LogP contribution >= 0.6 is 0 Å². The second-order valence-electron chi connectivity index (χ2n) is 4.90. The standard InChI is InChI=1S/C18H18N2O2/c1-3-11-19-17(21)14-5-4-6-15(12-14)18(22)20-16-9-7-13(2)8-10-16/h3-10,12H,1,11H2,2H3,(H,19,21)(H,20,22). The van der Waals surface area contributed by atoms with Crippen molar-refractivity contribution in [2.45, 2.75) is 6.92 Å². The van der Waals surface area contributed by atoms with Crippen LogP contribution in [0.5, 0.6) is 0 Å². The summed E-state index contributed by atoms with van der Waals surface area (Å²) in [6.07, 6.45) is 1.60. The van der Waals surface area contributed by atoms with Gasteiger partial charge in [-0.15, -0.1) is 6.58 Å². The van der Waals surface area contributed by atoms with Crippen LogP contribution in [0.3, 0.4) is 0 Å². The number of nitrogens with one attached hydrogen (secondary N) is 2. The molecule has 112 valence electrons. The monoisotopic (exact) mass is 294 g/mol. The summed E-state index contributed by atoms with van der Waals surface area (Å²) in [7, 11) is 0. The molecule has 0 saturated carbocycles. The molecule has 22 heavy (non-hydrogen) atoms. The van der Waals surface area contributed by atoms with Crippen molar-refractivity contribution >= 4 is 17.5 Å². The summed E-state index contributed by atoms with van der Waals surface area (Å²) < 4.78 is 0. The molecular weight excluding hydrogens is 276 g/mol. The minimum Gasteiger partial charge on any atom is -0.349 e. The molecule has 2 amide bonds. The van der Waals surface area contributed by atoms with Gasteiger partial charge in [0.25, 0.3) is 11.8 Å². The summed E-state index contributed by atoms with van der Waals surface area (Å²) in [5, 5.41) is 5.49. The predicted molar refractivity (Wildman–Crippen MR) is 88.1 cm³/mol. The molecule has 2 aromatic rings. The van der Waals surface area contributed by atoms with E-state index < -0.39 is 0 Å². The lowest BCUT2D eigenvalue weighted by Crippen LogP contribution is -2.23. The topological polar surface area (TPSA) is 58.2 Å². The molecule has 0 saturated heterocycles. The number of hydrogen-bond donors (Lipinski definition) is 2. The number of benzene rings is 2. The first-order chi connectivity index (χ1) is 10.6. The molecular formula is C18H18N2O2. The molecule has 4 heteroatoms. The van der Waals surface area contributed by atoms with E-state index in [0.29, 0.717) is 17.7 Å². The van der Waals surface area contributed by atoms with E-state index in [2.05, 4.69) is 17.2 Å². The summed E-state index contributed by atoms with van der Waals surface area (Å²) in [6.45, 7) is 5.92. The molecule has 0 atom stereocenters. The Morgan fingerprint density at radius 2 is 1.68 bits per heavy atom. The van der Waals surface area contributed by atoms with Crippen LogP contribution in [0.1, 0.15) is 26.3 Å². The Kier molecular flexibility index (Phi) is 5.09. The van der Waals surface area contributed by atoms with Gasteiger partial charge in [0.1, 0.15) is 0 Å². The van der Waals surface area contributed by atoms with Crippen LogP contribution in [-0.4, -0.2) is 18.4 Å². The third-order valence-electron chi connectivity index (χ3n) is 3.10. The van der Waals surface area contributed by atoms with Crippen LogP contribution < -0.4 is 10.6 Å². The summed E-state index contributed by atoms with van der Waals surface area (Å²) in [6, 6.07) is 14.1. The Morgan fingerprint density at radius 1 is 1.05 bits per heavy atom. The van der Waals surface area contributed by atoms with E-state index in [1.165, 1.54) is 0 Å². The Labute approximate surface area is 129 Å². The van der Waals surface area contributed by atoms with E-state index in [4.69, 9.17) is 0 Å². The first-order valence-electron chi connectivity index (χ1n) is 6.97. The molecule has 2 rings (SSSR count). The summed E-state index contributed by atoms with van der Waals surface area (Å²) in [5.41, 5.74) is 2.72. The Hall–Kier alpha value is -2.88. The van der Waals surface area contributed by atoms with E-state index in [9.17, 15) is 9.59 Å². The highest BCUT2D eigenvalue weighted by Crippen LogP contribution is 2.12. The average Bonchev–Trinajstić information content (AvgIpc) is 2.54. The summed E-state index contributed by atoms with van der Waals surface area (Å²) in [5.74, 6) is -0.480. The molecule has 0 bridgehead atoms. The Bertz CT molecular complexity index is 690. The first kappa shape index (κ1) is 15.5. The maximum Gasteiger partial charge on any atom is 0.255 e. The minimum atomic E-state index is -0.248. The Balaban J connectivity index is 2.11. The highest BCUT2D eigenvalue weighted by atomic mass is 16.2. The number of anilines is 1. The SMILES string of the molecule is C=CCNC(=O)c1cccc(C(=O)Nc2ccc(C)cc2)c1. The second-order valence-corrected chi connectivity index (χ2v) is 4.90. The fourth-order valence-electron chi connectivity index (χ4n) is 1.91. The van der Waals surface area contributed by atoms with Crippen LogP contribution in [0.2, 0.25) is 0 Å². The fraction of sp³-hybridized carbons (Fsp3) is 0.111. The van der Waals surface area contributed by atoms with Crippen LogP contribution in [0.4, 0.5) is 5.69 Å². The van der Waals surface area contributed by atoms with Crippen molar-refractivity contribution in [3.05, 3.63) is 77.9 Å². The normalized spacial score (nSPS) is 9.86. The van der Waals surface area contributed by atoms with Crippen molar-refractivity contribution in [1.29, 1.82) is 0 Å². The van der Waals surface area contributed by atoms with Gasteiger partial charge in [-0.1, -0.05) is 29.8 Å². The zero-order valence-corrected chi connectivity index (χ0v) is 12.4. The number of carbonyl (C=O) groups excluding carboxylic acids is 2. The van der Waals surface area contributed by atoms with Crippen LogP contribution in [0.25, 0.3) is 0 Å². The van der Waals surface area contributed by atoms with Crippen molar-refractivity contribution in [3.8, 4) is 0 Å². The molecule has 2 N–H and O–H groups in total. The lowest BCUT2D eigenvalue weighted by molar-refractivity contribution is 0.0958. The molecule has 2 aromatic carbocycles. The number of aryl methyl sites for hydroxylation is 1. The summed E-state index contributed by atoms with van der Waals surface area (Å²) in [4.78, 5) is 24.1. The van der Waals surface area contributed by atoms with E-state index in [1.807, 2.05) is 31.2 Å². The average molecular weight is 294 g/mol. The Morgan fingerprint density at radius 3 is 2.32 bits per heavy atom. The quantitative estimate of drug-likeness (QED) is 0.832. The molecule has 0 fully saturated rings. The van der Waals surface area contributed by atoms with Crippen LogP contribution in [0.15, 0.2) is 61.2 Å². The van der Waals surface area contributed by atoms with Gasteiger partial charge in [0.2, 0.25) is 0 Å². The predicted octanol–water partition coefficient (Wildman–Crippen LogP) is 3.16. The summed E-state index contributed by atoms with van der Waals surface area (Å²) >= 11 is 0. The van der Waals surface area contributed by atoms with Gasteiger partial charge in [0.05, 0.1) is 0 Å². The molecule has 0 aliphatic carbocycles. The molecule has 0 aliphatic heterocycles. The van der Waals surface area contributed by atoms with Crippen molar-refractivity contribution in [3.63, 3.8) is 0 Å². The van der Waals surface area contributed by atoms with Gasteiger partial charge < -0.3 is 10.6 Å². The number of rotatable bonds is 5. The minimum absolute atomic E-state index is 0.232. The van der Waals surface area contributed by atoms with E-state index in [-0.39, 0.29) is 11.8 Å². The van der Waals surface area contributed by atoms with Crippen LogP contribution in [0, 0.1) is 6.92 Å². The third-order valence-corrected chi connectivity index (χ3v) is 3.10. The van der Waals surface area contributed by atoms with Crippen molar-refractivity contribution in [2.75, 3.05) is 11.9 Å². The fourth-order valence-corrected chi connectivity index (χ4v) is 1.91. The maximum atomic E-state index is 12.2. The molecule has 0 radical (unpaired) electrons. The molecule has 0 unspecified atom stereocenters. The zero-order chi connectivity index (χ0) is 15.9. The molecule has 0 heterocycles. The molecule has 0 aliphatic rings. The van der Waals surface area contributed by atoms with Crippen molar-refractivity contribution < 1.29 is 9.59 Å². The highest BCUT2D eigenvalue weighted by Gasteiger charge is 2.10. The van der Waals surface area contributed by atoms with Gasteiger partial charge in [0, 0.05) is 23.4 Å². The second kappa shape index (κ2) is 7.22. The third kappa shape index (κ3) is 4.06. The van der Waals surface area contributed by atoms with Gasteiger partial charge >= 0.3 is 0 Å². The smallest absolute Gasteiger partial charge is 0.255 e. The molecule has 4 nitrogen and oxygen atoms in total. The van der Waals surface area contributed by atoms with E-state index in [1.54, 1.807) is 30.3 Å². The zero-order valence-electron chi connectivity index (χ0n) is 12.4. The highest BCUT2D eigenvalue weighted by molar-refractivity contribution is 6.06. The maximum absolute atomic E-state index is 12.2. The number of hydrogen-bond acceptors (Lipinski definition) is 2. The van der Waals surface area contributed by atoms with Gasteiger partial charge in [-0.05, 0) is 37.3 Å². The first-order valence-corrected chi connectivity index (χ1v) is 6.97. The van der Waals surface area contributed by atoms with Crippen LogP contribution in [-0.2, 0) is 0 Å². The van der Waals surface area contributed by atoms with Gasteiger partial charge in [0.15, 0.2) is 0 Å². The van der Waals surface area contributed by atoms with E-state index >= 15 is 0 Å². The number of carbonyl (C=O) groups is 2.